The van der Waals surface area contributed by atoms with E-state index in [2.05, 4.69) is 5.32 Å². The van der Waals surface area contributed by atoms with Crippen LogP contribution in [0.2, 0.25) is 0 Å². The number of urea groups is 1. The lowest BCUT2D eigenvalue weighted by Gasteiger charge is -2.06. The average molecular weight is 340 g/mol. The molecule has 3 rings (SSSR count). The number of nitrogens with one attached hydrogen (secondary N) is 1. The Hall–Kier alpha value is -3.35. The molecule has 1 saturated heterocycles. The Morgan fingerprint density at radius 1 is 1.24 bits per heavy atom. The van der Waals surface area contributed by atoms with Crippen LogP contribution in [0.15, 0.2) is 46.5 Å². The van der Waals surface area contributed by atoms with Gasteiger partial charge in [-0.25, -0.2) is 9.59 Å². The molecule has 1 aliphatic heterocycles. The third-order valence-corrected chi connectivity index (χ3v) is 3.79. The Balaban J connectivity index is 1.92. The molecule has 128 valence electrons. The lowest BCUT2D eigenvalue weighted by molar-refractivity contribution is -0.122. The van der Waals surface area contributed by atoms with E-state index in [-0.39, 0.29) is 12.2 Å². The SMILES string of the molecule is CCN1C(=O)N/C(=C/c2ccc(-c3ccccc3C(=O)OC)o2)C1=O. The van der Waals surface area contributed by atoms with Gasteiger partial charge in [0.05, 0.1) is 12.7 Å². The van der Waals surface area contributed by atoms with Gasteiger partial charge in [-0.05, 0) is 25.1 Å². The molecule has 0 saturated carbocycles. The van der Waals surface area contributed by atoms with Gasteiger partial charge in [0.2, 0.25) is 0 Å². The smallest absolute Gasteiger partial charge is 0.338 e. The van der Waals surface area contributed by atoms with Crippen molar-refractivity contribution in [2.24, 2.45) is 0 Å². The fourth-order valence-electron chi connectivity index (χ4n) is 2.56. The number of methoxy groups -OCH3 is 1. The lowest BCUT2D eigenvalue weighted by atomic mass is 10.1. The standard InChI is InChI=1S/C18H16N2O5/c1-3-20-16(21)14(19-18(20)23)10-11-8-9-15(25-11)12-6-4-5-7-13(12)17(22)24-2/h4-10H,3H2,1-2H3,(H,19,23)/b14-10+. The van der Waals surface area contributed by atoms with Crippen LogP contribution in [0.1, 0.15) is 23.0 Å². The Morgan fingerprint density at radius 3 is 2.68 bits per heavy atom. The molecule has 2 aromatic rings. The number of furan rings is 1. The molecule has 0 radical (unpaired) electrons. The second-order valence-corrected chi connectivity index (χ2v) is 5.28. The summed E-state index contributed by atoms with van der Waals surface area (Å²) in [7, 11) is 1.31. The highest BCUT2D eigenvalue weighted by Crippen LogP contribution is 2.27. The first-order valence-electron chi connectivity index (χ1n) is 7.67. The van der Waals surface area contributed by atoms with Crippen LogP contribution < -0.4 is 5.32 Å². The van der Waals surface area contributed by atoms with Crippen molar-refractivity contribution in [3.8, 4) is 11.3 Å². The van der Waals surface area contributed by atoms with E-state index in [1.54, 1.807) is 43.3 Å². The number of rotatable bonds is 4. The summed E-state index contributed by atoms with van der Waals surface area (Å²) in [6.07, 6.45) is 1.46. The van der Waals surface area contributed by atoms with Crippen molar-refractivity contribution in [1.82, 2.24) is 10.2 Å². The minimum atomic E-state index is -0.469. The van der Waals surface area contributed by atoms with Crippen LogP contribution >= 0.6 is 0 Å². The van der Waals surface area contributed by atoms with Gasteiger partial charge in [-0.15, -0.1) is 0 Å². The van der Waals surface area contributed by atoms with Crippen LogP contribution in [0.5, 0.6) is 0 Å². The van der Waals surface area contributed by atoms with Crippen molar-refractivity contribution in [1.29, 1.82) is 0 Å². The van der Waals surface area contributed by atoms with Crippen LogP contribution in [0, 0.1) is 0 Å². The summed E-state index contributed by atoms with van der Waals surface area (Å²) in [5.41, 5.74) is 1.10. The zero-order valence-electron chi connectivity index (χ0n) is 13.7. The maximum atomic E-state index is 12.1. The van der Waals surface area contributed by atoms with E-state index in [0.717, 1.165) is 4.90 Å². The van der Waals surface area contributed by atoms with Crippen molar-refractivity contribution >= 4 is 24.0 Å². The Labute approximate surface area is 143 Å². The highest BCUT2D eigenvalue weighted by atomic mass is 16.5. The first kappa shape index (κ1) is 16.5. The minimum Gasteiger partial charge on any atom is -0.465 e. The molecule has 3 amide bonds. The molecule has 0 bridgehead atoms. The molecule has 7 nitrogen and oxygen atoms in total. The number of ether oxygens (including phenoxy) is 1. The van der Waals surface area contributed by atoms with Crippen molar-refractivity contribution in [2.75, 3.05) is 13.7 Å². The third kappa shape index (κ3) is 3.03. The minimum absolute atomic E-state index is 0.147. The number of hydrogen-bond acceptors (Lipinski definition) is 5. The molecule has 1 aromatic heterocycles. The molecule has 1 N–H and O–H groups in total. The van der Waals surface area contributed by atoms with E-state index in [1.807, 2.05) is 0 Å². The zero-order valence-corrected chi connectivity index (χ0v) is 13.7. The van der Waals surface area contributed by atoms with Crippen LogP contribution in [-0.2, 0) is 9.53 Å². The van der Waals surface area contributed by atoms with E-state index < -0.39 is 17.9 Å². The number of amides is 3. The van der Waals surface area contributed by atoms with Gasteiger partial charge in [0.25, 0.3) is 5.91 Å². The molecule has 2 heterocycles. The number of likely N-dealkylation sites (N-methyl/N-ethyl adjacent to an activating group) is 1. The number of carbonyl (C=O) groups excluding carboxylic acids is 3. The highest BCUT2D eigenvalue weighted by Gasteiger charge is 2.32. The molecule has 0 atom stereocenters. The Bertz CT molecular complexity index is 881. The van der Waals surface area contributed by atoms with Gasteiger partial charge in [0.1, 0.15) is 17.2 Å². The molecule has 0 spiro atoms. The number of carbonyl (C=O) groups is 3. The molecule has 1 fully saturated rings. The number of imide groups is 1. The summed E-state index contributed by atoms with van der Waals surface area (Å²) in [5.74, 6) is -0.0302. The van der Waals surface area contributed by atoms with Gasteiger partial charge < -0.3 is 14.5 Å². The van der Waals surface area contributed by atoms with Gasteiger partial charge in [0, 0.05) is 18.2 Å². The number of benzene rings is 1. The molecule has 0 aliphatic carbocycles. The molecule has 0 unspecified atom stereocenters. The Morgan fingerprint density at radius 2 is 2.00 bits per heavy atom. The van der Waals surface area contributed by atoms with Gasteiger partial charge in [-0.1, -0.05) is 18.2 Å². The monoisotopic (exact) mass is 340 g/mol. The second-order valence-electron chi connectivity index (χ2n) is 5.28. The third-order valence-electron chi connectivity index (χ3n) is 3.79. The first-order valence-corrected chi connectivity index (χ1v) is 7.67. The molecule has 25 heavy (non-hydrogen) atoms. The predicted molar refractivity (Wildman–Crippen MR) is 89.4 cm³/mol. The largest absolute Gasteiger partial charge is 0.465 e. The molecule has 1 aliphatic rings. The van der Waals surface area contributed by atoms with Gasteiger partial charge in [-0.3, -0.25) is 9.69 Å². The van der Waals surface area contributed by atoms with Gasteiger partial charge >= 0.3 is 12.0 Å². The second kappa shape index (κ2) is 6.64. The average Bonchev–Trinajstić information content (AvgIpc) is 3.19. The fraction of sp³-hybridized carbons (Fsp3) is 0.167. The van der Waals surface area contributed by atoms with Gasteiger partial charge in [0.15, 0.2) is 0 Å². The predicted octanol–water partition coefficient (Wildman–Crippen LogP) is 2.65. The van der Waals surface area contributed by atoms with Crippen LogP contribution in [0.25, 0.3) is 17.4 Å². The topological polar surface area (TPSA) is 88.8 Å². The van der Waals surface area contributed by atoms with Gasteiger partial charge in [-0.2, -0.15) is 0 Å². The molecule has 1 aromatic carbocycles. The van der Waals surface area contributed by atoms with E-state index >= 15 is 0 Å². The summed E-state index contributed by atoms with van der Waals surface area (Å²) in [6, 6.07) is 9.78. The van der Waals surface area contributed by atoms with Crippen molar-refractivity contribution < 1.29 is 23.5 Å². The Kier molecular flexibility index (Phi) is 4.38. The normalized spacial score (nSPS) is 15.6. The van der Waals surface area contributed by atoms with E-state index in [1.165, 1.54) is 13.2 Å². The lowest BCUT2D eigenvalue weighted by Crippen LogP contribution is -2.30. The maximum Gasteiger partial charge on any atom is 0.338 e. The van der Waals surface area contributed by atoms with Crippen LogP contribution in [0.4, 0.5) is 4.79 Å². The van der Waals surface area contributed by atoms with Crippen molar-refractivity contribution in [2.45, 2.75) is 6.92 Å². The fourth-order valence-corrected chi connectivity index (χ4v) is 2.56. The van der Waals surface area contributed by atoms with Crippen LogP contribution in [-0.4, -0.2) is 36.5 Å². The quantitative estimate of drug-likeness (QED) is 0.525. The highest BCUT2D eigenvalue weighted by molar-refractivity contribution is 6.13. The molecule has 7 heteroatoms. The maximum absolute atomic E-state index is 12.1. The van der Waals surface area contributed by atoms with E-state index in [0.29, 0.717) is 22.6 Å². The van der Waals surface area contributed by atoms with Crippen LogP contribution in [0.3, 0.4) is 0 Å². The van der Waals surface area contributed by atoms with E-state index in [9.17, 15) is 14.4 Å². The molecular weight excluding hydrogens is 324 g/mol. The van der Waals surface area contributed by atoms with E-state index in [4.69, 9.17) is 9.15 Å². The summed E-state index contributed by atoms with van der Waals surface area (Å²) in [4.78, 5) is 36.7. The van der Waals surface area contributed by atoms with Crippen molar-refractivity contribution in [3.63, 3.8) is 0 Å². The number of hydrogen-bond donors (Lipinski definition) is 1. The summed E-state index contributed by atoms with van der Waals surface area (Å²) < 4.78 is 10.5. The summed E-state index contributed by atoms with van der Waals surface area (Å²) >= 11 is 0. The summed E-state index contributed by atoms with van der Waals surface area (Å²) in [5, 5.41) is 2.51. The van der Waals surface area contributed by atoms with Crippen molar-refractivity contribution in [3.05, 3.63) is 53.4 Å². The zero-order chi connectivity index (χ0) is 18.0. The molecular formula is C18H16N2O5. The first-order chi connectivity index (χ1) is 12.0. The summed E-state index contributed by atoms with van der Waals surface area (Å²) in [6.45, 7) is 2.01. The number of esters is 1. The number of nitrogens with zero attached hydrogens (tertiary/aromatic N) is 1.